The number of halogens is 1. The predicted octanol–water partition coefficient (Wildman–Crippen LogP) is 3.27. The smallest absolute Gasteiger partial charge is 0.333 e. The molecule has 1 aromatic rings. The third-order valence-corrected chi connectivity index (χ3v) is 1.54. The van der Waals surface area contributed by atoms with E-state index in [1.165, 1.54) is 12.5 Å². The summed E-state index contributed by atoms with van der Waals surface area (Å²) >= 11 is 0. The van der Waals surface area contributed by atoms with Crippen LogP contribution in [0.2, 0.25) is 0 Å². The SMILES string of the molecule is C=Cc1ccccc1.CC(=CF)C(=O)O. The monoisotopic (exact) mass is 208 g/mol. The average Bonchev–Trinajstić information content (AvgIpc) is 2.29. The Bertz CT molecular complexity index is 342. The van der Waals surface area contributed by atoms with Crippen LogP contribution in [-0.2, 0) is 4.79 Å². The summed E-state index contributed by atoms with van der Waals surface area (Å²) in [5.74, 6) is -1.22. The van der Waals surface area contributed by atoms with E-state index in [2.05, 4.69) is 6.58 Å². The number of carboxylic acid groups (broad SMARTS) is 1. The first-order chi connectivity index (χ1) is 7.11. The van der Waals surface area contributed by atoms with Crippen molar-refractivity contribution in [1.29, 1.82) is 0 Å². The minimum Gasteiger partial charge on any atom is -0.478 e. The summed E-state index contributed by atoms with van der Waals surface area (Å²) in [6.45, 7) is 4.81. The van der Waals surface area contributed by atoms with Gasteiger partial charge in [0.05, 0.1) is 11.9 Å². The van der Waals surface area contributed by atoms with Crippen LogP contribution >= 0.6 is 0 Å². The van der Waals surface area contributed by atoms with Gasteiger partial charge in [-0.1, -0.05) is 43.0 Å². The molecule has 80 valence electrons. The van der Waals surface area contributed by atoms with Gasteiger partial charge in [0.25, 0.3) is 0 Å². The van der Waals surface area contributed by atoms with Crippen molar-refractivity contribution in [1.82, 2.24) is 0 Å². The Morgan fingerprint density at radius 1 is 1.40 bits per heavy atom. The lowest BCUT2D eigenvalue weighted by atomic mass is 10.2. The highest BCUT2D eigenvalue weighted by Crippen LogP contribution is 1.97. The number of carbonyl (C=O) groups is 1. The van der Waals surface area contributed by atoms with Gasteiger partial charge in [0.1, 0.15) is 0 Å². The summed E-state index contributed by atoms with van der Waals surface area (Å²) < 4.78 is 11.1. The van der Waals surface area contributed by atoms with Gasteiger partial charge in [0.15, 0.2) is 0 Å². The lowest BCUT2D eigenvalue weighted by Crippen LogP contribution is -1.93. The van der Waals surface area contributed by atoms with Crippen molar-refractivity contribution < 1.29 is 14.3 Å². The molecule has 1 rings (SSSR count). The van der Waals surface area contributed by atoms with Gasteiger partial charge in [-0.3, -0.25) is 0 Å². The minimum atomic E-state index is -1.22. The summed E-state index contributed by atoms with van der Waals surface area (Å²) in [6.07, 6.45) is 1.89. The highest BCUT2D eigenvalue weighted by atomic mass is 19.1. The molecule has 2 nitrogen and oxygen atoms in total. The van der Waals surface area contributed by atoms with Gasteiger partial charge in [-0.25, -0.2) is 9.18 Å². The number of aliphatic carboxylic acids is 1. The second-order valence-corrected chi connectivity index (χ2v) is 2.71. The standard InChI is InChI=1S/C8H8.C4H5FO2/c1-2-8-6-4-3-5-7-8;1-3(2-5)4(6)7/h2-7H,1H2;2H,1H3,(H,6,7). The van der Waals surface area contributed by atoms with Crippen LogP contribution < -0.4 is 0 Å². The molecule has 0 spiro atoms. The second-order valence-electron chi connectivity index (χ2n) is 2.71. The zero-order chi connectivity index (χ0) is 11.7. The van der Waals surface area contributed by atoms with E-state index in [-0.39, 0.29) is 11.9 Å². The number of carboxylic acids is 1. The lowest BCUT2D eigenvalue weighted by molar-refractivity contribution is -0.132. The molecule has 0 aliphatic heterocycles. The average molecular weight is 208 g/mol. The summed E-state index contributed by atoms with van der Waals surface area (Å²) in [5.41, 5.74) is 0.896. The second kappa shape index (κ2) is 7.50. The topological polar surface area (TPSA) is 37.3 Å². The number of benzene rings is 1. The van der Waals surface area contributed by atoms with Crippen molar-refractivity contribution in [3.8, 4) is 0 Å². The molecule has 0 aromatic heterocycles. The van der Waals surface area contributed by atoms with Crippen molar-refractivity contribution >= 4 is 12.0 Å². The molecule has 3 heteroatoms. The fraction of sp³-hybridized carbons (Fsp3) is 0.0833. The van der Waals surface area contributed by atoms with Crippen LogP contribution in [0.1, 0.15) is 12.5 Å². The Hall–Kier alpha value is -1.90. The van der Waals surface area contributed by atoms with E-state index >= 15 is 0 Å². The van der Waals surface area contributed by atoms with Gasteiger partial charge in [-0.2, -0.15) is 0 Å². The molecular formula is C12H13FO2. The van der Waals surface area contributed by atoms with Gasteiger partial charge >= 0.3 is 5.97 Å². The van der Waals surface area contributed by atoms with Crippen molar-refractivity contribution in [3.63, 3.8) is 0 Å². The van der Waals surface area contributed by atoms with Crippen LogP contribution in [0.5, 0.6) is 0 Å². The molecule has 0 unspecified atom stereocenters. The molecule has 15 heavy (non-hydrogen) atoms. The Morgan fingerprint density at radius 3 is 2.13 bits per heavy atom. The molecular weight excluding hydrogens is 195 g/mol. The Balaban J connectivity index is 0.000000265. The molecule has 0 radical (unpaired) electrons. The van der Waals surface area contributed by atoms with E-state index in [1.807, 2.05) is 36.4 Å². The van der Waals surface area contributed by atoms with E-state index in [4.69, 9.17) is 5.11 Å². The lowest BCUT2D eigenvalue weighted by Gasteiger charge is -1.85. The summed E-state index contributed by atoms with van der Waals surface area (Å²) in [6, 6.07) is 10.0. The van der Waals surface area contributed by atoms with Crippen LogP contribution in [0.4, 0.5) is 4.39 Å². The van der Waals surface area contributed by atoms with Crippen molar-refractivity contribution in [2.24, 2.45) is 0 Å². The van der Waals surface area contributed by atoms with Crippen LogP contribution in [0.25, 0.3) is 6.08 Å². The number of rotatable bonds is 2. The molecule has 0 aliphatic rings. The Morgan fingerprint density at radius 2 is 1.93 bits per heavy atom. The fourth-order valence-corrected chi connectivity index (χ4v) is 0.636. The maximum absolute atomic E-state index is 11.1. The van der Waals surface area contributed by atoms with E-state index in [0.29, 0.717) is 0 Å². The molecule has 0 fully saturated rings. The van der Waals surface area contributed by atoms with Crippen LogP contribution in [0.3, 0.4) is 0 Å². The summed E-state index contributed by atoms with van der Waals surface area (Å²) in [7, 11) is 0. The molecule has 1 aromatic carbocycles. The quantitative estimate of drug-likeness (QED) is 0.757. The normalized spacial score (nSPS) is 9.87. The zero-order valence-corrected chi connectivity index (χ0v) is 8.48. The van der Waals surface area contributed by atoms with Gasteiger partial charge in [-0.05, 0) is 12.5 Å². The molecule has 0 atom stereocenters. The third kappa shape index (κ3) is 6.21. The van der Waals surface area contributed by atoms with Gasteiger partial charge in [0.2, 0.25) is 0 Å². The Labute approximate surface area is 88.4 Å². The van der Waals surface area contributed by atoms with Gasteiger partial charge in [-0.15, -0.1) is 0 Å². The molecule has 1 N–H and O–H groups in total. The van der Waals surface area contributed by atoms with Gasteiger partial charge < -0.3 is 5.11 Å². The summed E-state index contributed by atoms with van der Waals surface area (Å²) in [5, 5.41) is 7.87. The third-order valence-electron chi connectivity index (χ3n) is 1.54. The van der Waals surface area contributed by atoms with E-state index in [9.17, 15) is 9.18 Å². The molecule has 0 heterocycles. The molecule has 0 saturated carbocycles. The first-order valence-electron chi connectivity index (χ1n) is 4.29. The number of hydrogen-bond acceptors (Lipinski definition) is 1. The van der Waals surface area contributed by atoms with Crippen molar-refractivity contribution in [2.75, 3.05) is 0 Å². The predicted molar refractivity (Wildman–Crippen MR) is 59.0 cm³/mol. The van der Waals surface area contributed by atoms with Crippen molar-refractivity contribution in [2.45, 2.75) is 6.92 Å². The zero-order valence-electron chi connectivity index (χ0n) is 8.48. The van der Waals surface area contributed by atoms with E-state index < -0.39 is 5.97 Å². The van der Waals surface area contributed by atoms with Crippen LogP contribution in [0.15, 0.2) is 48.8 Å². The first-order valence-corrected chi connectivity index (χ1v) is 4.29. The highest BCUT2D eigenvalue weighted by Gasteiger charge is 1.95. The van der Waals surface area contributed by atoms with Gasteiger partial charge in [0, 0.05) is 0 Å². The molecule has 0 bridgehead atoms. The van der Waals surface area contributed by atoms with Crippen LogP contribution in [0, 0.1) is 0 Å². The highest BCUT2D eigenvalue weighted by molar-refractivity contribution is 5.85. The maximum Gasteiger partial charge on any atom is 0.333 e. The summed E-state index contributed by atoms with van der Waals surface area (Å²) in [4.78, 5) is 9.62. The molecule has 0 saturated heterocycles. The molecule has 0 amide bonds. The largest absolute Gasteiger partial charge is 0.478 e. The molecule has 0 aliphatic carbocycles. The minimum absolute atomic E-state index is 0.0579. The number of hydrogen-bond donors (Lipinski definition) is 1. The first kappa shape index (κ1) is 13.1. The van der Waals surface area contributed by atoms with Crippen molar-refractivity contribution in [3.05, 3.63) is 54.4 Å². The fourth-order valence-electron chi connectivity index (χ4n) is 0.636. The van der Waals surface area contributed by atoms with E-state index in [0.717, 1.165) is 0 Å². The van der Waals surface area contributed by atoms with Crippen LogP contribution in [-0.4, -0.2) is 11.1 Å². The maximum atomic E-state index is 11.1. The Kier molecular flexibility index (Phi) is 6.55. The van der Waals surface area contributed by atoms with E-state index in [1.54, 1.807) is 0 Å².